The van der Waals surface area contributed by atoms with Crippen molar-refractivity contribution in [1.82, 2.24) is 15.3 Å². The van der Waals surface area contributed by atoms with E-state index in [4.69, 9.17) is 0 Å². The molecule has 1 aliphatic rings. The molecule has 2 rings (SSSR count). The van der Waals surface area contributed by atoms with Gasteiger partial charge in [-0.25, -0.2) is 9.97 Å². The van der Waals surface area contributed by atoms with Gasteiger partial charge in [0.1, 0.15) is 16.2 Å². The lowest BCUT2D eigenvalue weighted by atomic mass is 10.3. The van der Waals surface area contributed by atoms with Crippen molar-refractivity contribution in [3.05, 3.63) is 16.5 Å². The normalized spacial score (nSPS) is 16.0. The lowest BCUT2D eigenvalue weighted by Gasteiger charge is -2.26. The number of nitrogens with zero attached hydrogens (tertiary/aromatic N) is 3. The van der Waals surface area contributed by atoms with Crippen LogP contribution in [0, 0.1) is 0 Å². The molecule has 2 amide bonds. The van der Waals surface area contributed by atoms with E-state index in [0.717, 1.165) is 0 Å². The largest absolute Gasteiger partial charge is 0.338 e. The van der Waals surface area contributed by atoms with E-state index < -0.39 is 0 Å². The molecule has 0 radical (unpaired) electrons. The second-order valence-corrected chi connectivity index (χ2v) is 4.46. The summed E-state index contributed by atoms with van der Waals surface area (Å²) < 4.78 is 0.651. The fourth-order valence-electron chi connectivity index (χ4n) is 1.57. The molecular weight excluding hydrogens is 288 g/mol. The number of hydrogen-bond donors (Lipinski definition) is 1. The predicted octanol–water partition coefficient (Wildman–Crippen LogP) is 0.264. The van der Waals surface area contributed by atoms with Crippen LogP contribution in [0.2, 0.25) is 0 Å². The predicted molar refractivity (Wildman–Crippen MR) is 64.5 cm³/mol. The molecule has 2 heterocycles. The van der Waals surface area contributed by atoms with Crippen molar-refractivity contribution in [1.29, 1.82) is 0 Å². The minimum Gasteiger partial charge on any atom is -0.338 e. The first-order valence-electron chi connectivity index (χ1n) is 5.19. The molecule has 7 heteroatoms. The maximum atomic E-state index is 11.3. The first-order chi connectivity index (χ1) is 8.08. The van der Waals surface area contributed by atoms with Gasteiger partial charge >= 0.3 is 0 Å². The van der Waals surface area contributed by atoms with E-state index in [1.54, 1.807) is 11.0 Å². The summed E-state index contributed by atoms with van der Waals surface area (Å²) in [7, 11) is 0. The molecule has 1 aromatic heterocycles. The van der Waals surface area contributed by atoms with E-state index in [-0.39, 0.29) is 24.9 Å². The summed E-state index contributed by atoms with van der Waals surface area (Å²) in [5, 5.41) is 2.25. The Bertz CT molecular complexity index is 461. The fourth-order valence-corrected chi connectivity index (χ4v) is 1.98. The molecule has 0 unspecified atom stereocenters. The van der Waals surface area contributed by atoms with Gasteiger partial charge in [0.25, 0.3) is 0 Å². The van der Waals surface area contributed by atoms with Gasteiger partial charge in [0, 0.05) is 12.5 Å². The summed E-state index contributed by atoms with van der Waals surface area (Å²) in [5.74, 6) is 0.641. The van der Waals surface area contributed by atoms with Crippen molar-refractivity contribution in [2.24, 2.45) is 0 Å². The number of halogens is 1. The number of carbonyl (C=O) groups excluding carboxylic acids is 2. The zero-order chi connectivity index (χ0) is 12.4. The molecule has 0 bridgehead atoms. The Morgan fingerprint density at radius 3 is 2.59 bits per heavy atom. The summed E-state index contributed by atoms with van der Waals surface area (Å²) >= 11 is 3.29. The van der Waals surface area contributed by atoms with Gasteiger partial charge in [-0.05, 0) is 15.9 Å². The molecule has 17 heavy (non-hydrogen) atoms. The average molecular weight is 299 g/mol. The Kier molecular flexibility index (Phi) is 3.37. The number of nitrogens with one attached hydrogen (secondary N) is 1. The highest BCUT2D eigenvalue weighted by Crippen LogP contribution is 2.17. The maximum Gasteiger partial charge on any atom is 0.246 e. The van der Waals surface area contributed by atoms with E-state index in [0.29, 0.717) is 22.7 Å². The van der Waals surface area contributed by atoms with Crippen LogP contribution in [0.3, 0.4) is 0 Å². The third-order valence-corrected chi connectivity index (χ3v) is 2.72. The second kappa shape index (κ2) is 4.79. The zero-order valence-electron chi connectivity index (χ0n) is 9.23. The fraction of sp³-hybridized carbons (Fsp3) is 0.400. The number of rotatable bonds is 2. The van der Waals surface area contributed by atoms with Crippen molar-refractivity contribution in [3.8, 4) is 0 Å². The van der Waals surface area contributed by atoms with Gasteiger partial charge in [0.05, 0.1) is 13.1 Å². The lowest BCUT2D eigenvalue weighted by Crippen LogP contribution is -2.51. The van der Waals surface area contributed by atoms with Gasteiger partial charge in [-0.15, -0.1) is 0 Å². The lowest BCUT2D eigenvalue weighted by molar-refractivity contribution is -0.130. The molecule has 1 fully saturated rings. The molecule has 0 aliphatic carbocycles. The zero-order valence-corrected chi connectivity index (χ0v) is 10.8. The van der Waals surface area contributed by atoms with Gasteiger partial charge in [-0.1, -0.05) is 6.92 Å². The van der Waals surface area contributed by atoms with E-state index in [2.05, 4.69) is 31.2 Å². The molecule has 1 saturated heterocycles. The van der Waals surface area contributed by atoms with Crippen molar-refractivity contribution in [2.45, 2.75) is 13.3 Å². The summed E-state index contributed by atoms with van der Waals surface area (Å²) in [5.41, 5.74) is 0. The third kappa shape index (κ3) is 2.79. The molecule has 1 aromatic rings. The molecule has 0 aromatic carbocycles. The first-order valence-corrected chi connectivity index (χ1v) is 5.99. The average Bonchev–Trinajstić information content (AvgIpc) is 2.26. The van der Waals surface area contributed by atoms with Crippen LogP contribution in [-0.4, -0.2) is 34.9 Å². The molecule has 90 valence electrons. The van der Waals surface area contributed by atoms with Gasteiger partial charge in [0.2, 0.25) is 11.8 Å². The smallest absolute Gasteiger partial charge is 0.246 e. The monoisotopic (exact) mass is 298 g/mol. The van der Waals surface area contributed by atoms with E-state index >= 15 is 0 Å². The quantitative estimate of drug-likeness (QED) is 0.626. The minimum atomic E-state index is -0.311. The van der Waals surface area contributed by atoms with Crippen LogP contribution in [0.4, 0.5) is 5.82 Å². The van der Waals surface area contributed by atoms with Crippen molar-refractivity contribution >= 4 is 33.6 Å². The summed E-state index contributed by atoms with van der Waals surface area (Å²) in [4.78, 5) is 32.6. The number of anilines is 1. The van der Waals surface area contributed by atoms with E-state index in [9.17, 15) is 9.59 Å². The number of piperazine rings is 1. The highest BCUT2D eigenvalue weighted by molar-refractivity contribution is 9.10. The van der Waals surface area contributed by atoms with Gasteiger partial charge < -0.3 is 4.90 Å². The molecule has 1 N–H and O–H groups in total. The van der Waals surface area contributed by atoms with Crippen LogP contribution < -0.4 is 10.2 Å². The maximum absolute atomic E-state index is 11.3. The Morgan fingerprint density at radius 2 is 2.00 bits per heavy atom. The van der Waals surface area contributed by atoms with Crippen LogP contribution in [-0.2, 0) is 16.0 Å². The first kappa shape index (κ1) is 12.0. The van der Waals surface area contributed by atoms with Crippen molar-refractivity contribution < 1.29 is 9.59 Å². The van der Waals surface area contributed by atoms with E-state index in [1.165, 1.54) is 0 Å². The van der Waals surface area contributed by atoms with Gasteiger partial charge in [0.15, 0.2) is 0 Å². The van der Waals surface area contributed by atoms with E-state index in [1.807, 2.05) is 6.92 Å². The number of carbonyl (C=O) groups is 2. The molecular formula is C10H11BrN4O2. The number of aromatic nitrogens is 2. The van der Waals surface area contributed by atoms with Crippen LogP contribution >= 0.6 is 15.9 Å². The highest BCUT2D eigenvalue weighted by Gasteiger charge is 2.23. The molecule has 6 nitrogen and oxygen atoms in total. The summed E-state index contributed by atoms with van der Waals surface area (Å²) in [6, 6.07) is 1.70. The Morgan fingerprint density at radius 1 is 1.35 bits per heavy atom. The van der Waals surface area contributed by atoms with Crippen LogP contribution in [0.15, 0.2) is 10.7 Å². The minimum absolute atomic E-state index is 0.137. The Hall–Kier alpha value is -1.50. The Balaban J connectivity index is 2.29. The number of aryl methyl sites for hydroxylation is 1. The topological polar surface area (TPSA) is 75.2 Å². The summed E-state index contributed by atoms with van der Waals surface area (Å²) in [6.07, 6.45) is 0.695. The van der Waals surface area contributed by atoms with Gasteiger partial charge in [-0.3, -0.25) is 14.9 Å². The SMILES string of the molecule is CCc1nc(Br)cc(N2CC(=O)NC(=O)C2)n1. The Labute approximate surface area is 107 Å². The van der Waals surface area contributed by atoms with Crippen molar-refractivity contribution in [2.75, 3.05) is 18.0 Å². The standard InChI is InChI=1S/C10H11BrN4O2/c1-2-7-12-6(11)3-8(13-7)15-4-9(16)14-10(17)5-15/h3H,2,4-5H2,1H3,(H,14,16,17). The second-order valence-electron chi connectivity index (χ2n) is 3.65. The van der Waals surface area contributed by atoms with Crippen LogP contribution in [0.1, 0.15) is 12.7 Å². The highest BCUT2D eigenvalue weighted by atomic mass is 79.9. The molecule has 1 aliphatic heterocycles. The number of hydrogen-bond acceptors (Lipinski definition) is 5. The molecule has 0 atom stereocenters. The molecule has 0 spiro atoms. The van der Waals surface area contributed by atoms with Gasteiger partial charge in [-0.2, -0.15) is 0 Å². The number of imide groups is 1. The van der Waals surface area contributed by atoms with Crippen LogP contribution in [0.25, 0.3) is 0 Å². The number of amides is 2. The van der Waals surface area contributed by atoms with Crippen molar-refractivity contribution in [3.63, 3.8) is 0 Å². The third-order valence-electron chi connectivity index (χ3n) is 2.32. The summed E-state index contributed by atoms with van der Waals surface area (Å²) in [6.45, 7) is 2.22. The van der Waals surface area contributed by atoms with Crippen LogP contribution in [0.5, 0.6) is 0 Å². The molecule has 0 saturated carbocycles.